The van der Waals surface area contributed by atoms with Gasteiger partial charge in [0, 0.05) is 12.6 Å². The molecule has 0 radical (unpaired) electrons. The smallest absolute Gasteiger partial charge is 0.224 e. The number of hydrogen-bond donors (Lipinski definition) is 2. The molecule has 21 heavy (non-hydrogen) atoms. The monoisotopic (exact) mass is 286 g/mol. The van der Waals surface area contributed by atoms with Crippen molar-refractivity contribution in [3.63, 3.8) is 0 Å². The molecule has 1 heterocycles. The molecule has 5 heteroatoms. The van der Waals surface area contributed by atoms with Crippen molar-refractivity contribution >= 4 is 11.8 Å². The highest BCUT2D eigenvalue weighted by Crippen LogP contribution is 2.24. The van der Waals surface area contributed by atoms with Gasteiger partial charge in [0.2, 0.25) is 5.95 Å². The Bertz CT molecular complexity index is 604. The van der Waals surface area contributed by atoms with Crippen molar-refractivity contribution in [3.8, 4) is 0 Å². The first-order chi connectivity index (χ1) is 10.3. The van der Waals surface area contributed by atoms with Gasteiger partial charge >= 0.3 is 0 Å². The number of hydrogen-bond acceptors (Lipinski definition) is 4. The van der Waals surface area contributed by atoms with Gasteiger partial charge in [-0.25, -0.2) is 9.37 Å². The second-order valence-electron chi connectivity index (χ2n) is 5.34. The van der Waals surface area contributed by atoms with E-state index < -0.39 is 5.82 Å². The second-order valence-corrected chi connectivity index (χ2v) is 5.34. The summed E-state index contributed by atoms with van der Waals surface area (Å²) in [5.74, 6) is 0.339. The van der Waals surface area contributed by atoms with Gasteiger partial charge in [-0.05, 0) is 30.4 Å². The van der Waals surface area contributed by atoms with Crippen molar-refractivity contribution in [2.24, 2.45) is 0 Å². The largest absolute Gasteiger partial charge is 0.364 e. The van der Waals surface area contributed by atoms with Gasteiger partial charge in [0.1, 0.15) is 0 Å². The quantitative estimate of drug-likeness (QED) is 0.887. The van der Waals surface area contributed by atoms with Crippen molar-refractivity contribution in [2.75, 3.05) is 17.2 Å². The van der Waals surface area contributed by atoms with Gasteiger partial charge in [-0.1, -0.05) is 31.2 Å². The summed E-state index contributed by atoms with van der Waals surface area (Å²) >= 11 is 0. The van der Waals surface area contributed by atoms with E-state index in [1.165, 1.54) is 17.3 Å². The average Bonchev–Trinajstić information content (AvgIpc) is 2.90. The molecule has 0 unspecified atom stereocenters. The molecule has 0 atom stereocenters. The summed E-state index contributed by atoms with van der Waals surface area (Å²) in [6.45, 7) is 2.84. The number of nitrogens with zero attached hydrogens (tertiary/aromatic N) is 2. The first kappa shape index (κ1) is 13.8. The van der Waals surface area contributed by atoms with Crippen molar-refractivity contribution in [2.45, 2.75) is 32.2 Å². The van der Waals surface area contributed by atoms with Crippen LogP contribution in [0.15, 0.2) is 30.5 Å². The lowest BCUT2D eigenvalue weighted by molar-refractivity contribution is 0.611. The summed E-state index contributed by atoms with van der Waals surface area (Å²) in [5.41, 5.74) is 2.66. The van der Waals surface area contributed by atoms with Crippen LogP contribution in [0, 0.1) is 5.82 Å². The fourth-order valence-corrected chi connectivity index (χ4v) is 2.64. The van der Waals surface area contributed by atoms with E-state index >= 15 is 0 Å². The SMILES string of the molecule is CCCNc1ncc(F)c(NC2Cc3ccccc3C2)n1. The highest BCUT2D eigenvalue weighted by Gasteiger charge is 2.22. The van der Waals surface area contributed by atoms with Crippen molar-refractivity contribution in [1.82, 2.24) is 9.97 Å². The van der Waals surface area contributed by atoms with Gasteiger partial charge in [0.05, 0.1) is 6.20 Å². The van der Waals surface area contributed by atoms with Crippen LogP contribution in [0.1, 0.15) is 24.5 Å². The Kier molecular flexibility index (Phi) is 3.99. The van der Waals surface area contributed by atoms with E-state index in [4.69, 9.17) is 0 Å². The van der Waals surface area contributed by atoms with Gasteiger partial charge in [0.15, 0.2) is 11.6 Å². The van der Waals surface area contributed by atoms with Crippen LogP contribution in [0.4, 0.5) is 16.2 Å². The Balaban J connectivity index is 1.71. The minimum atomic E-state index is -0.409. The lowest BCUT2D eigenvalue weighted by Gasteiger charge is -2.14. The third kappa shape index (κ3) is 3.12. The number of anilines is 2. The van der Waals surface area contributed by atoms with Crippen molar-refractivity contribution < 1.29 is 4.39 Å². The zero-order valence-corrected chi connectivity index (χ0v) is 12.1. The number of nitrogens with one attached hydrogen (secondary N) is 2. The van der Waals surface area contributed by atoms with E-state index in [2.05, 4.69) is 39.7 Å². The highest BCUT2D eigenvalue weighted by molar-refractivity contribution is 5.44. The number of halogens is 1. The third-order valence-electron chi connectivity index (χ3n) is 3.67. The van der Waals surface area contributed by atoms with E-state index in [0.29, 0.717) is 5.95 Å². The summed E-state index contributed by atoms with van der Waals surface area (Å²) < 4.78 is 13.9. The Morgan fingerprint density at radius 2 is 1.95 bits per heavy atom. The lowest BCUT2D eigenvalue weighted by Crippen LogP contribution is -2.21. The van der Waals surface area contributed by atoms with Gasteiger partial charge in [-0.2, -0.15) is 4.98 Å². The summed E-state index contributed by atoms with van der Waals surface area (Å²) in [5, 5.41) is 6.28. The Morgan fingerprint density at radius 3 is 2.62 bits per heavy atom. The minimum Gasteiger partial charge on any atom is -0.364 e. The predicted octanol–water partition coefficient (Wildman–Crippen LogP) is 3.02. The molecule has 0 amide bonds. The Hall–Kier alpha value is -2.17. The molecule has 110 valence electrons. The molecule has 3 rings (SSSR count). The number of aromatic nitrogens is 2. The molecule has 2 aromatic rings. The van der Waals surface area contributed by atoms with Gasteiger partial charge < -0.3 is 10.6 Å². The topological polar surface area (TPSA) is 49.8 Å². The number of fused-ring (bicyclic) bond motifs is 1. The van der Waals surface area contributed by atoms with Crippen LogP contribution in [0.3, 0.4) is 0 Å². The zero-order valence-electron chi connectivity index (χ0n) is 12.1. The summed E-state index contributed by atoms with van der Waals surface area (Å²) in [7, 11) is 0. The summed E-state index contributed by atoms with van der Waals surface area (Å²) in [6, 6.07) is 8.52. The minimum absolute atomic E-state index is 0.186. The summed E-state index contributed by atoms with van der Waals surface area (Å²) in [6.07, 6.45) is 3.99. The van der Waals surface area contributed by atoms with Crippen LogP contribution >= 0.6 is 0 Å². The van der Waals surface area contributed by atoms with Crippen LogP contribution in [0.2, 0.25) is 0 Å². The molecule has 2 N–H and O–H groups in total. The number of rotatable bonds is 5. The first-order valence-electron chi connectivity index (χ1n) is 7.36. The fourth-order valence-electron chi connectivity index (χ4n) is 2.64. The lowest BCUT2D eigenvalue weighted by atomic mass is 10.1. The first-order valence-corrected chi connectivity index (χ1v) is 7.36. The van der Waals surface area contributed by atoms with Gasteiger partial charge in [-0.3, -0.25) is 0 Å². The normalized spacial score (nSPS) is 14.0. The van der Waals surface area contributed by atoms with Crippen LogP contribution in [0.25, 0.3) is 0 Å². The fraction of sp³-hybridized carbons (Fsp3) is 0.375. The standard InChI is InChI=1S/C16H19FN4/c1-2-7-18-16-19-10-14(17)15(21-16)20-13-8-11-5-3-4-6-12(11)9-13/h3-6,10,13H,2,7-9H2,1H3,(H2,18,19,20,21). The molecule has 0 aliphatic heterocycles. The maximum absolute atomic E-state index is 13.9. The third-order valence-corrected chi connectivity index (χ3v) is 3.67. The van der Waals surface area contributed by atoms with E-state index in [1.807, 2.05) is 12.1 Å². The Morgan fingerprint density at radius 1 is 1.24 bits per heavy atom. The molecule has 1 aromatic heterocycles. The molecule has 0 saturated carbocycles. The maximum atomic E-state index is 13.9. The molecule has 0 bridgehead atoms. The van der Waals surface area contributed by atoms with Crippen LogP contribution in [0.5, 0.6) is 0 Å². The average molecular weight is 286 g/mol. The van der Waals surface area contributed by atoms with Crippen molar-refractivity contribution in [1.29, 1.82) is 0 Å². The molecular formula is C16H19FN4. The zero-order chi connectivity index (χ0) is 14.7. The molecule has 4 nitrogen and oxygen atoms in total. The van der Waals surface area contributed by atoms with Gasteiger partial charge in [0.25, 0.3) is 0 Å². The summed E-state index contributed by atoms with van der Waals surface area (Å²) in [4.78, 5) is 8.18. The van der Waals surface area contributed by atoms with Crippen LogP contribution in [-0.2, 0) is 12.8 Å². The predicted molar refractivity (Wildman–Crippen MR) is 82.0 cm³/mol. The molecule has 0 fully saturated rings. The van der Waals surface area contributed by atoms with Gasteiger partial charge in [-0.15, -0.1) is 0 Å². The number of benzene rings is 1. The highest BCUT2D eigenvalue weighted by atomic mass is 19.1. The van der Waals surface area contributed by atoms with Crippen molar-refractivity contribution in [3.05, 3.63) is 47.4 Å². The maximum Gasteiger partial charge on any atom is 0.224 e. The molecule has 0 saturated heterocycles. The van der Waals surface area contributed by atoms with Crippen LogP contribution in [-0.4, -0.2) is 22.6 Å². The molecule has 1 aromatic carbocycles. The molecule has 0 spiro atoms. The Labute approximate surface area is 123 Å². The van der Waals surface area contributed by atoms with E-state index in [-0.39, 0.29) is 11.9 Å². The van der Waals surface area contributed by atoms with Crippen LogP contribution < -0.4 is 10.6 Å². The molecular weight excluding hydrogens is 267 g/mol. The molecule has 1 aliphatic rings. The van der Waals surface area contributed by atoms with E-state index in [9.17, 15) is 4.39 Å². The second kappa shape index (κ2) is 6.08. The van der Waals surface area contributed by atoms with E-state index in [0.717, 1.165) is 25.8 Å². The molecule has 1 aliphatic carbocycles. The van der Waals surface area contributed by atoms with E-state index in [1.54, 1.807) is 0 Å².